The van der Waals surface area contributed by atoms with Gasteiger partial charge in [-0.25, -0.2) is 4.79 Å². The quantitative estimate of drug-likeness (QED) is 0.883. The van der Waals surface area contributed by atoms with Crippen molar-refractivity contribution in [3.8, 4) is 5.75 Å². The van der Waals surface area contributed by atoms with Crippen LogP contribution in [0.25, 0.3) is 0 Å². The Hall–Kier alpha value is -3.02. The number of amides is 2. The number of carbonyl (C=O) groups is 2. The molecule has 0 spiro atoms. The van der Waals surface area contributed by atoms with Crippen LogP contribution in [0.5, 0.6) is 5.75 Å². The van der Waals surface area contributed by atoms with Gasteiger partial charge in [-0.3, -0.25) is 4.79 Å². The third-order valence-electron chi connectivity index (χ3n) is 3.87. The maximum atomic E-state index is 12.5. The Morgan fingerprint density at radius 3 is 2.62 bits per heavy atom. The lowest BCUT2D eigenvalue weighted by molar-refractivity contribution is -0.124. The van der Waals surface area contributed by atoms with Gasteiger partial charge in [-0.05, 0) is 11.6 Å². The van der Waals surface area contributed by atoms with Gasteiger partial charge in [0.05, 0.1) is 7.11 Å². The first-order chi connectivity index (χ1) is 11.7. The van der Waals surface area contributed by atoms with Crippen LogP contribution < -0.4 is 15.4 Å². The molecule has 0 bridgehead atoms. The highest BCUT2D eigenvalue weighted by Gasteiger charge is 2.40. The van der Waals surface area contributed by atoms with Crippen molar-refractivity contribution >= 4 is 12.0 Å². The second-order valence-electron chi connectivity index (χ2n) is 5.39. The average Bonchev–Trinajstić information content (AvgIpc) is 3.02. The van der Waals surface area contributed by atoms with Gasteiger partial charge in [-0.2, -0.15) is 0 Å². The number of cyclic esters (lactones) is 1. The van der Waals surface area contributed by atoms with Crippen molar-refractivity contribution in [3.05, 3.63) is 65.7 Å². The van der Waals surface area contributed by atoms with Gasteiger partial charge >= 0.3 is 6.09 Å². The van der Waals surface area contributed by atoms with Crippen LogP contribution in [0.15, 0.2) is 54.6 Å². The summed E-state index contributed by atoms with van der Waals surface area (Å²) < 4.78 is 10.5. The van der Waals surface area contributed by atoms with Crippen molar-refractivity contribution < 1.29 is 19.1 Å². The number of para-hydroxylation sites is 1. The van der Waals surface area contributed by atoms with Gasteiger partial charge < -0.3 is 20.1 Å². The summed E-state index contributed by atoms with van der Waals surface area (Å²) in [6.07, 6.45) is -1.24. The molecule has 1 fully saturated rings. The Morgan fingerprint density at radius 1 is 1.17 bits per heavy atom. The number of carbonyl (C=O) groups excluding carboxylic acids is 2. The highest BCUT2D eigenvalue weighted by molar-refractivity contribution is 5.88. The first-order valence-corrected chi connectivity index (χ1v) is 7.60. The van der Waals surface area contributed by atoms with Crippen molar-refractivity contribution in [2.24, 2.45) is 0 Å². The molecule has 0 saturated carbocycles. The molecule has 2 unspecified atom stereocenters. The van der Waals surface area contributed by atoms with Crippen LogP contribution >= 0.6 is 0 Å². The van der Waals surface area contributed by atoms with Crippen molar-refractivity contribution in [2.45, 2.75) is 18.7 Å². The Bertz CT molecular complexity index is 733. The highest BCUT2D eigenvalue weighted by atomic mass is 16.6. The zero-order valence-corrected chi connectivity index (χ0v) is 13.2. The fourth-order valence-electron chi connectivity index (χ4n) is 2.67. The zero-order valence-electron chi connectivity index (χ0n) is 13.2. The zero-order chi connectivity index (χ0) is 16.9. The molecule has 2 N–H and O–H groups in total. The molecule has 0 radical (unpaired) electrons. The molecule has 1 saturated heterocycles. The monoisotopic (exact) mass is 326 g/mol. The predicted octanol–water partition coefficient (Wildman–Crippen LogP) is 2.16. The second kappa shape index (κ2) is 7.04. The van der Waals surface area contributed by atoms with Crippen LogP contribution in [0.4, 0.5) is 4.79 Å². The topological polar surface area (TPSA) is 76.7 Å². The number of hydrogen-bond donors (Lipinski definition) is 2. The highest BCUT2D eigenvalue weighted by Crippen LogP contribution is 2.26. The third kappa shape index (κ3) is 3.32. The molecule has 0 aliphatic carbocycles. The summed E-state index contributed by atoms with van der Waals surface area (Å²) in [5.74, 6) is 0.393. The van der Waals surface area contributed by atoms with Crippen LogP contribution in [-0.2, 0) is 16.1 Å². The molecule has 1 aliphatic heterocycles. The van der Waals surface area contributed by atoms with Crippen LogP contribution in [0.2, 0.25) is 0 Å². The van der Waals surface area contributed by atoms with E-state index in [1.165, 1.54) is 0 Å². The number of nitrogens with one attached hydrogen (secondary N) is 2. The summed E-state index contributed by atoms with van der Waals surface area (Å²) in [4.78, 5) is 24.1. The second-order valence-corrected chi connectivity index (χ2v) is 5.39. The molecule has 2 amide bonds. The Labute approximate surface area is 139 Å². The van der Waals surface area contributed by atoms with Gasteiger partial charge in [0.1, 0.15) is 5.75 Å². The minimum atomic E-state index is -0.769. The van der Waals surface area contributed by atoms with E-state index in [-0.39, 0.29) is 5.91 Å². The fourth-order valence-corrected chi connectivity index (χ4v) is 2.67. The minimum absolute atomic E-state index is 0.302. The van der Waals surface area contributed by atoms with E-state index in [1.54, 1.807) is 7.11 Å². The van der Waals surface area contributed by atoms with Gasteiger partial charge in [0, 0.05) is 12.1 Å². The summed E-state index contributed by atoms with van der Waals surface area (Å²) in [5, 5.41) is 5.38. The maximum Gasteiger partial charge on any atom is 0.408 e. The van der Waals surface area contributed by atoms with E-state index in [0.717, 1.165) is 11.1 Å². The van der Waals surface area contributed by atoms with Gasteiger partial charge in [-0.1, -0.05) is 48.5 Å². The van der Waals surface area contributed by atoms with E-state index in [2.05, 4.69) is 10.6 Å². The Kier molecular flexibility index (Phi) is 4.65. The maximum absolute atomic E-state index is 12.5. The molecule has 6 nitrogen and oxygen atoms in total. The Balaban J connectivity index is 1.70. The number of rotatable bonds is 5. The van der Waals surface area contributed by atoms with Crippen molar-refractivity contribution in [1.29, 1.82) is 0 Å². The molecule has 2 aromatic carbocycles. The summed E-state index contributed by atoms with van der Waals surface area (Å²) in [6.45, 7) is 0.302. The van der Waals surface area contributed by atoms with E-state index in [4.69, 9.17) is 9.47 Å². The lowest BCUT2D eigenvalue weighted by atomic mass is 10.0. The summed E-state index contributed by atoms with van der Waals surface area (Å²) in [6, 6.07) is 15.9. The van der Waals surface area contributed by atoms with Crippen LogP contribution in [0.1, 0.15) is 17.2 Å². The van der Waals surface area contributed by atoms with E-state index < -0.39 is 18.2 Å². The summed E-state index contributed by atoms with van der Waals surface area (Å²) in [7, 11) is 1.58. The molecule has 0 aromatic heterocycles. The molecule has 3 rings (SSSR count). The lowest BCUT2D eigenvalue weighted by Gasteiger charge is -2.17. The normalized spacial score (nSPS) is 19.3. The van der Waals surface area contributed by atoms with Gasteiger partial charge in [0.25, 0.3) is 0 Å². The number of benzene rings is 2. The largest absolute Gasteiger partial charge is 0.496 e. The molecule has 1 aliphatic rings. The fraction of sp³-hybridized carbons (Fsp3) is 0.222. The smallest absolute Gasteiger partial charge is 0.408 e. The number of hydrogen-bond acceptors (Lipinski definition) is 4. The molecule has 24 heavy (non-hydrogen) atoms. The van der Waals surface area contributed by atoms with E-state index >= 15 is 0 Å². The molecule has 2 atom stereocenters. The van der Waals surface area contributed by atoms with E-state index in [0.29, 0.717) is 12.3 Å². The predicted molar refractivity (Wildman–Crippen MR) is 87.4 cm³/mol. The first-order valence-electron chi connectivity index (χ1n) is 7.60. The van der Waals surface area contributed by atoms with Crippen molar-refractivity contribution in [1.82, 2.24) is 10.6 Å². The average molecular weight is 326 g/mol. The van der Waals surface area contributed by atoms with Gasteiger partial charge in [0.2, 0.25) is 5.91 Å². The van der Waals surface area contributed by atoms with E-state index in [1.807, 2.05) is 54.6 Å². The number of ether oxygens (including phenoxy) is 2. The van der Waals surface area contributed by atoms with Crippen LogP contribution in [0.3, 0.4) is 0 Å². The van der Waals surface area contributed by atoms with Gasteiger partial charge in [-0.15, -0.1) is 0 Å². The molecule has 2 aromatic rings. The van der Waals surface area contributed by atoms with Crippen molar-refractivity contribution in [2.75, 3.05) is 7.11 Å². The van der Waals surface area contributed by atoms with E-state index in [9.17, 15) is 9.59 Å². The lowest BCUT2D eigenvalue weighted by Crippen LogP contribution is -2.43. The minimum Gasteiger partial charge on any atom is -0.496 e. The third-order valence-corrected chi connectivity index (χ3v) is 3.87. The van der Waals surface area contributed by atoms with Crippen LogP contribution in [0, 0.1) is 0 Å². The summed E-state index contributed by atoms with van der Waals surface area (Å²) >= 11 is 0. The number of methoxy groups -OCH3 is 1. The molecular weight excluding hydrogens is 308 g/mol. The van der Waals surface area contributed by atoms with Crippen molar-refractivity contribution in [3.63, 3.8) is 0 Å². The van der Waals surface area contributed by atoms with Crippen LogP contribution in [-0.4, -0.2) is 25.2 Å². The number of alkyl carbamates (subject to hydrolysis) is 1. The first kappa shape index (κ1) is 15.9. The molecule has 1 heterocycles. The molecule has 6 heteroatoms. The SMILES string of the molecule is COc1ccccc1CNC(=O)C1NC(=O)OC1c1ccccc1. The Morgan fingerprint density at radius 2 is 1.88 bits per heavy atom. The molecule has 124 valence electrons. The van der Waals surface area contributed by atoms with Gasteiger partial charge in [0.15, 0.2) is 12.1 Å². The molecular formula is C18H18N2O4. The summed E-state index contributed by atoms with van der Waals surface area (Å²) in [5.41, 5.74) is 1.63. The standard InChI is InChI=1S/C18H18N2O4/c1-23-14-10-6-5-9-13(14)11-19-17(21)15-16(24-18(22)20-15)12-7-3-2-4-8-12/h2-10,15-16H,11H2,1H3,(H,19,21)(H,20,22).